The molecule has 0 atom stereocenters. The van der Waals surface area contributed by atoms with Crippen molar-refractivity contribution in [3.05, 3.63) is 39.1 Å². The molecule has 0 saturated carbocycles. The smallest absolute Gasteiger partial charge is 0.234 e. The van der Waals surface area contributed by atoms with E-state index in [4.69, 9.17) is 40.5 Å². The van der Waals surface area contributed by atoms with E-state index in [0.717, 1.165) is 0 Å². The van der Waals surface area contributed by atoms with Crippen molar-refractivity contribution in [2.75, 3.05) is 6.54 Å². The molecule has 0 aliphatic heterocycles. The minimum Gasteiger partial charge on any atom is -0.349 e. The minimum atomic E-state index is -0.276. The van der Waals surface area contributed by atoms with Crippen LogP contribution in [0.25, 0.3) is 5.69 Å². The Labute approximate surface area is 129 Å². The number of benzene rings is 1. The van der Waals surface area contributed by atoms with Crippen LogP contribution in [-0.2, 0) is 11.3 Å². The third-order valence-corrected chi connectivity index (χ3v) is 3.20. The molecule has 1 amide bonds. The van der Waals surface area contributed by atoms with E-state index in [1.807, 2.05) is 0 Å². The van der Waals surface area contributed by atoms with E-state index in [-0.39, 0.29) is 19.0 Å². The predicted octanol–water partition coefficient (Wildman–Crippen LogP) is 1.80. The van der Waals surface area contributed by atoms with Gasteiger partial charge in [0.1, 0.15) is 11.4 Å². The van der Waals surface area contributed by atoms with Crippen LogP contribution in [0.3, 0.4) is 0 Å². The molecule has 0 spiro atoms. The van der Waals surface area contributed by atoms with Crippen LogP contribution >= 0.6 is 34.8 Å². The fraction of sp³-hybridized carbons (Fsp3) is 0.182. The van der Waals surface area contributed by atoms with E-state index in [1.54, 1.807) is 18.3 Å². The first-order valence-corrected chi connectivity index (χ1v) is 6.67. The number of hydrogen-bond acceptors (Lipinski definition) is 4. The van der Waals surface area contributed by atoms with Crippen LogP contribution in [0.15, 0.2) is 18.3 Å². The van der Waals surface area contributed by atoms with Crippen molar-refractivity contribution in [2.24, 2.45) is 5.73 Å². The number of hydrogen-bond donors (Lipinski definition) is 2. The number of nitrogens with one attached hydrogen (secondary N) is 1. The van der Waals surface area contributed by atoms with Crippen LogP contribution < -0.4 is 11.1 Å². The number of carbonyl (C=O) groups excluding carboxylic acids is 1. The van der Waals surface area contributed by atoms with Gasteiger partial charge in [-0.25, -0.2) is 4.68 Å². The van der Waals surface area contributed by atoms with Gasteiger partial charge in [-0.15, -0.1) is 5.10 Å². The van der Waals surface area contributed by atoms with Gasteiger partial charge in [-0.2, -0.15) is 0 Å². The summed E-state index contributed by atoms with van der Waals surface area (Å²) >= 11 is 18.0. The second kappa shape index (κ2) is 6.41. The molecule has 1 heterocycles. The summed E-state index contributed by atoms with van der Waals surface area (Å²) in [6.07, 6.45) is 1.61. The Bertz CT molecular complexity index is 620. The van der Waals surface area contributed by atoms with E-state index in [0.29, 0.717) is 26.4 Å². The summed E-state index contributed by atoms with van der Waals surface area (Å²) in [5.74, 6) is -0.276. The van der Waals surface area contributed by atoms with E-state index in [1.165, 1.54) is 4.68 Å². The number of nitrogens with zero attached hydrogens (tertiary/aromatic N) is 3. The van der Waals surface area contributed by atoms with Crippen molar-refractivity contribution in [1.82, 2.24) is 20.3 Å². The molecule has 6 nitrogen and oxygen atoms in total. The van der Waals surface area contributed by atoms with Gasteiger partial charge in [0.15, 0.2) is 0 Å². The van der Waals surface area contributed by atoms with E-state index < -0.39 is 0 Å². The second-order valence-corrected chi connectivity index (χ2v) is 5.10. The van der Waals surface area contributed by atoms with Gasteiger partial charge < -0.3 is 11.1 Å². The summed E-state index contributed by atoms with van der Waals surface area (Å²) in [5, 5.41) is 11.5. The van der Waals surface area contributed by atoms with E-state index in [9.17, 15) is 4.79 Å². The van der Waals surface area contributed by atoms with E-state index >= 15 is 0 Å². The summed E-state index contributed by atoms with van der Waals surface area (Å²) in [6, 6.07) is 3.11. The Balaban J connectivity index is 2.23. The quantitative estimate of drug-likeness (QED) is 0.893. The number of aromatic nitrogens is 3. The largest absolute Gasteiger partial charge is 0.349 e. The lowest BCUT2D eigenvalue weighted by atomic mass is 10.3. The van der Waals surface area contributed by atoms with Crippen molar-refractivity contribution in [3.8, 4) is 5.69 Å². The van der Waals surface area contributed by atoms with Crippen LogP contribution in [0.2, 0.25) is 15.1 Å². The standard InChI is InChI=1S/C11H10Cl3N5O/c12-6-1-8(13)11(9(14)2-6)19-5-7(17-18-19)4-16-10(20)3-15/h1-2,5H,3-4,15H2,(H,16,20). The number of nitrogens with two attached hydrogens (primary N) is 1. The predicted molar refractivity (Wildman–Crippen MR) is 77.3 cm³/mol. The van der Waals surface area contributed by atoms with Crippen LogP contribution in [0, 0.1) is 0 Å². The second-order valence-electron chi connectivity index (χ2n) is 3.85. The molecule has 106 valence electrons. The average Bonchev–Trinajstić information content (AvgIpc) is 2.83. The van der Waals surface area contributed by atoms with Crippen LogP contribution in [0.4, 0.5) is 0 Å². The lowest BCUT2D eigenvalue weighted by Crippen LogP contribution is -2.29. The molecular weight excluding hydrogens is 325 g/mol. The van der Waals surface area contributed by atoms with Gasteiger partial charge in [-0.05, 0) is 12.1 Å². The van der Waals surface area contributed by atoms with Crippen LogP contribution in [0.1, 0.15) is 5.69 Å². The maximum absolute atomic E-state index is 11.1. The van der Waals surface area contributed by atoms with Gasteiger partial charge in [0.2, 0.25) is 5.91 Å². The third kappa shape index (κ3) is 3.40. The van der Waals surface area contributed by atoms with Crippen molar-refractivity contribution in [2.45, 2.75) is 6.54 Å². The van der Waals surface area contributed by atoms with Gasteiger partial charge in [0, 0.05) is 5.02 Å². The monoisotopic (exact) mass is 333 g/mol. The molecule has 2 aromatic rings. The number of rotatable bonds is 4. The Morgan fingerprint density at radius 2 is 1.95 bits per heavy atom. The Kier molecular flexibility index (Phi) is 4.82. The minimum absolute atomic E-state index is 0.0804. The highest BCUT2D eigenvalue weighted by Crippen LogP contribution is 2.31. The molecule has 9 heteroatoms. The lowest BCUT2D eigenvalue weighted by molar-refractivity contribution is -0.119. The van der Waals surface area contributed by atoms with Crippen LogP contribution in [-0.4, -0.2) is 27.4 Å². The molecular formula is C11H10Cl3N5O. The van der Waals surface area contributed by atoms with Crippen LogP contribution in [0.5, 0.6) is 0 Å². The molecule has 1 aromatic heterocycles. The van der Waals surface area contributed by atoms with Gasteiger partial charge in [-0.3, -0.25) is 4.79 Å². The molecule has 0 aliphatic rings. The summed E-state index contributed by atoms with van der Waals surface area (Å²) in [5.41, 5.74) is 6.21. The highest BCUT2D eigenvalue weighted by atomic mass is 35.5. The molecule has 20 heavy (non-hydrogen) atoms. The first-order chi connectivity index (χ1) is 9.51. The molecule has 3 N–H and O–H groups in total. The lowest BCUT2D eigenvalue weighted by Gasteiger charge is -2.06. The number of carbonyl (C=O) groups is 1. The average molecular weight is 335 g/mol. The fourth-order valence-corrected chi connectivity index (χ4v) is 2.49. The zero-order valence-electron chi connectivity index (χ0n) is 10.1. The van der Waals surface area contributed by atoms with Crippen molar-refractivity contribution < 1.29 is 4.79 Å². The van der Waals surface area contributed by atoms with Crippen molar-refractivity contribution in [1.29, 1.82) is 0 Å². The highest BCUT2D eigenvalue weighted by Gasteiger charge is 2.12. The molecule has 0 bridgehead atoms. The molecule has 0 saturated heterocycles. The maximum atomic E-state index is 11.1. The Morgan fingerprint density at radius 3 is 2.55 bits per heavy atom. The fourth-order valence-electron chi connectivity index (χ4n) is 1.50. The summed E-state index contributed by atoms with van der Waals surface area (Å²) in [7, 11) is 0. The van der Waals surface area contributed by atoms with Crippen molar-refractivity contribution in [3.63, 3.8) is 0 Å². The first-order valence-electron chi connectivity index (χ1n) is 5.54. The SMILES string of the molecule is NCC(=O)NCc1cn(-c2c(Cl)cc(Cl)cc2Cl)nn1. The molecule has 0 unspecified atom stereocenters. The van der Waals surface area contributed by atoms with Gasteiger partial charge >= 0.3 is 0 Å². The summed E-state index contributed by atoms with van der Waals surface area (Å²) < 4.78 is 1.42. The maximum Gasteiger partial charge on any atom is 0.234 e. The normalized spacial score (nSPS) is 10.6. The third-order valence-electron chi connectivity index (χ3n) is 2.40. The Morgan fingerprint density at radius 1 is 1.30 bits per heavy atom. The van der Waals surface area contributed by atoms with E-state index in [2.05, 4.69) is 15.6 Å². The Hall–Kier alpha value is -1.34. The van der Waals surface area contributed by atoms with Gasteiger partial charge in [0.05, 0.1) is 29.3 Å². The molecule has 0 aliphatic carbocycles. The van der Waals surface area contributed by atoms with Crippen molar-refractivity contribution >= 4 is 40.7 Å². The molecule has 0 radical (unpaired) electrons. The number of halogens is 3. The molecule has 0 fully saturated rings. The number of amides is 1. The summed E-state index contributed by atoms with van der Waals surface area (Å²) in [6.45, 7) is 0.141. The van der Waals surface area contributed by atoms with Gasteiger partial charge in [-0.1, -0.05) is 40.0 Å². The highest BCUT2D eigenvalue weighted by molar-refractivity contribution is 6.40. The molecule has 1 aromatic carbocycles. The zero-order chi connectivity index (χ0) is 14.7. The summed E-state index contributed by atoms with van der Waals surface area (Å²) in [4.78, 5) is 11.1. The topological polar surface area (TPSA) is 85.8 Å². The zero-order valence-corrected chi connectivity index (χ0v) is 12.4. The molecule has 2 rings (SSSR count). The van der Waals surface area contributed by atoms with Gasteiger partial charge in [0.25, 0.3) is 0 Å². The first kappa shape index (κ1) is 15.1.